The molecule has 1 aliphatic rings. The molecule has 7 nitrogen and oxygen atoms in total. The zero-order chi connectivity index (χ0) is 25.3. The van der Waals surface area contributed by atoms with Gasteiger partial charge < -0.3 is 9.84 Å². The van der Waals surface area contributed by atoms with E-state index in [0.717, 1.165) is 56.0 Å². The van der Waals surface area contributed by atoms with E-state index in [4.69, 9.17) is 9.94 Å². The van der Waals surface area contributed by atoms with Crippen LogP contribution in [0.5, 0.6) is 0 Å². The Labute approximate surface area is 206 Å². The number of benzene rings is 2. The number of amides is 1. The van der Waals surface area contributed by atoms with Crippen molar-refractivity contribution in [2.45, 2.75) is 44.5 Å². The number of rotatable bonds is 8. The fourth-order valence-electron chi connectivity index (χ4n) is 3.80. The normalized spacial score (nSPS) is 17.9. The minimum atomic E-state index is -2.01. The van der Waals surface area contributed by atoms with Gasteiger partial charge in [-0.15, -0.1) is 0 Å². The largest absolute Gasteiger partial charge is 0.385 e. The lowest BCUT2D eigenvalue weighted by atomic mass is 9.82. The van der Waals surface area contributed by atoms with E-state index < -0.39 is 23.7 Å². The lowest BCUT2D eigenvalue weighted by Crippen LogP contribution is -2.68. The zero-order valence-corrected chi connectivity index (χ0v) is 20.3. The quantitative estimate of drug-likeness (QED) is 0.262. The summed E-state index contributed by atoms with van der Waals surface area (Å²) in [5.74, 6) is 5.40. The van der Waals surface area contributed by atoms with Crippen molar-refractivity contribution in [1.29, 1.82) is 0 Å². The summed E-state index contributed by atoms with van der Waals surface area (Å²) in [6.07, 6.45) is 1.06. The highest BCUT2D eigenvalue weighted by Gasteiger charge is 2.49. The molecule has 1 aliphatic heterocycles. The first-order valence-electron chi connectivity index (χ1n) is 11.8. The summed E-state index contributed by atoms with van der Waals surface area (Å²) < 4.78 is 18.8. The van der Waals surface area contributed by atoms with Gasteiger partial charge in [-0.25, -0.2) is 9.87 Å². The Morgan fingerprint density at radius 2 is 1.63 bits per heavy atom. The number of alkyl halides is 1. The minimum absolute atomic E-state index is 0.179. The molecule has 2 unspecified atom stereocenters. The number of halogens is 1. The van der Waals surface area contributed by atoms with Crippen LogP contribution in [-0.4, -0.2) is 65.2 Å². The highest BCUT2D eigenvalue weighted by molar-refractivity contribution is 5.86. The first kappa shape index (κ1) is 26.8. The van der Waals surface area contributed by atoms with Crippen LogP contribution in [0.2, 0.25) is 0 Å². The topological polar surface area (TPSA) is 94.1 Å². The monoisotopic (exact) mass is 483 g/mol. The third-order valence-electron chi connectivity index (χ3n) is 6.52. The number of hydroxylamine groups is 1. The van der Waals surface area contributed by atoms with Crippen LogP contribution in [-0.2, 0) is 22.6 Å². The molecule has 0 saturated carbocycles. The van der Waals surface area contributed by atoms with Crippen LogP contribution in [0.1, 0.15) is 42.5 Å². The van der Waals surface area contributed by atoms with Gasteiger partial charge in [-0.1, -0.05) is 36.1 Å². The van der Waals surface area contributed by atoms with Crippen molar-refractivity contribution in [3.05, 3.63) is 70.8 Å². The maximum atomic E-state index is 13.3. The summed E-state index contributed by atoms with van der Waals surface area (Å²) in [7, 11) is 0. The SMILES string of the molecule is CC(O)(CF)C(C)(NCc1ccc(C#Cc2ccc(CN3CCCOCC3)cc2)cc1)C(=O)NO. The van der Waals surface area contributed by atoms with E-state index in [9.17, 15) is 14.3 Å². The molecular formula is C27H34FN3O4. The summed E-state index contributed by atoms with van der Waals surface area (Å²) in [5, 5.41) is 22.2. The van der Waals surface area contributed by atoms with Crippen LogP contribution in [0.3, 0.4) is 0 Å². The molecule has 2 atom stereocenters. The Morgan fingerprint density at radius 3 is 2.20 bits per heavy atom. The van der Waals surface area contributed by atoms with Crippen molar-refractivity contribution in [3.63, 3.8) is 0 Å². The van der Waals surface area contributed by atoms with Crippen molar-refractivity contribution in [2.75, 3.05) is 33.0 Å². The molecule has 35 heavy (non-hydrogen) atoms. The van der Waals surface area contributed by atoms with Crippen LogP contribution >= 0.6 is 0 Å². The number of hydrogen-bond donors (Lipinski definition) is 4. The minimum Gasteiger partial charge on any atom is -0.385 e. The van der Waals surface area contributed by atoms with E-state index in [1.807, 2.05) is 36.4 Å². The van der Waals surface area contributed by atoms with Crippen LogP contribution < -0.4 is 10.8 Å². The molecule has 4 N–H and O–H groups in total. The molecule has 188 valence electrons. The van der Waals surface area contributed by atoms with Crippen molar-refractivity contribution in [3.8, 4) is 11.8 Å². The van der Waals surface area contributed by atoms with Crippen molar-refractivity contribution in [1.82, 2.24) is 15.7 Å². The molecule has 2 aromatic carbocycles. The summed E-state index contributed by atoms with van der Waals surface area (Å²) >= 11 is 0. The molecule has 1 heterocycles. The van der Waals surface area contributed by atoms with Crippen LogP contribution in [0, 0.1) is 11.8 Å². The molecule has 1 amide bonds. The van der Waals surface area contributed by atoms with Gasteiger partial charge in [0.05, 0.1) is 6.61 Å². The number of nitrogens with zero attached hydrogens (tertiary/aromatic N) is 1. The second-order valence-corrected chi connectivity index (χ2v) is 9.21. The molecular weight excluding hydrogens is 449 g/mol. The number of nitrogens with one attached hydrogen (secondary N) is 2. The third-order valence-corrected chi connectivity index (χ3v) is 6.52. The fraction of sp³-hybridized carbons (Fsp3) is 0.444. The maximum Gasteiger partial charge on any atom is 0.266 e. The number of carbonyl (C=O) groups is 1. The summed E-state index contributed by atoms with van der Waals surface area (Å²) in [6, 6.07) is 15.7. The average Bonchev–Trinajstić information content (AvgIpc) is 3.15. The van der Waals surface area contributed by atoms with E-state index in [1.165, 1.54) is 24.9 Å². The van der Waals surface area contributed by atoms with Gasteiger partial charge in [-0.05, 0) is 55.7 Å². The molecule has 0 spiro atoms. The Hall–Kier alpha value is -2.80. The first-order chi connectivity index (χ1) is 16.8. The number of ether oxygens (including phenoxy) is 1. The third kappa shape index (κ3) is 7.10. The van der Waals surface area contributed by atoms with Gasteiger partial charge in [-0.2, -0.15) is 0 Å². The lowest BCUT2D eigenvalue weighted by Gasteiger charge is -2.39. The number of aliphatic hydroxyl groups is 1. The van der Waals surface area contributed by atoms with Gasteiger partial charge in [0, 0.05) is 43.9 Å². The summed E-state index contributed by atoms with van der Waals surface area (Å²) in [5.41, 5.74) is 1.57. The Morgan fingerprint density at radius 1 is 1.03 bits per heavy atom. The Balaban J connectivity index is 1.59. The molecule has 1 saturated heterocycles. The molecule has 1 fully saturated rings. The highest BCUT2D eigenvalue weighted by atomic mass is 19.1. The van der Waals surface area contributed by atoms with Gasteiger partial charge in [0.2, 0.25) is 0 Å². The van der Waals surface area contributed by atoms with E-state index in [1.54, 1.807) is 0 Å². The second kappa shape index (κ2) is 12.2. The van der Waals surface area contributed by atoms with Gasteiger partial charge in [-0.3, -0.25) is 20.2 Å². The van der Waals surface area contributed by atoms with Crippen LogP contribution in [0.15, 0.2) is 48.5 Å². The van der Waals surface area contributed by atoms with Crippen molar-refractivity contribution in [2.24, 2.45) is 0 Å². The predicted octanol–water partition coefficient (Wildman–Crippen LogP) is 2.38. The number of carbonyl (C=O) groups excluding carboxylic acids is 1. The molecule has 2 aromatic rings. The fourth-order valence-corrected chi connectivity index (χ4v) is 3.80. The molecule has 0 bridgehead atoms. The van der Waals surface area contributed by atoms with Gasteiger partial charge >= 0.3 is 0 Å². The molecule has 0 aliphatic carbocycles. The van der Waals surface area contributed by atoms with Gasteiger partial charge in [0.15, 0.2) is 0 Å². The highest BCUT2D eigenvalue weighted by Crippen LogP contribution is 2.24. The van der Waals surface area contributed by atoms with Crippen LogP contribution in [0.4, 0.5) is 4.39 Å². The van der Waals surface area contributed by atoms with Gasteiger partial charge in [0.1, 0.15) is 17.8 Å². The molecule has 0 aromatic heterocycles. The standard InChI is InChI=1S/C27H34FN3O4/c1-26(33,20-28)27(2,25(32)30-34)29-18-23-10-6-21(7-11-23)4-5-22-8-12-24(13-9-22)19-31-14-3-16-35-17-15-31/h6-13,29,33-34H,3,14-20H2,1-2H3,(H,30,32). The second-order valence-electron chi connectivity index (χ2n) is 9.21. The molecule has 0 radical (unpaired) electrons. The van der Waals surface area contributed by atoms with Crippen molar-refractivity contribution < 1.29 is 24.2 Å². The Bertz CT molecular complexity index is 1020. The van der Waals surface area contributed by atoms with E-state index in [-0.39, 0.29) is 6.54 Å². The first-order valence-corrected chi connectivity index (χ1v) is 11.8. The lowest BCUT2D eigenvalue weighted by molar-refractivity contribution is -0.148. The van der Waals surface area contributed by atoms with E-state index in [2.05, 4.69) is 34.2 Å². The summed E-state index contributed by atoms with van der Waals surface area (Å²) in [4.78, 5) is 14.5. The van der Waals surface area contributed by atoms with Gasteiger partial charge in [0.25, 0.3) is 5.91 Å². The van der Waals surface area contributed by atoms with E-state index in [0.29, 0.717) is 0 Å². The smallest absolute Gasteiger partial charge is 0.266 e. The van der Waals surface area contributed by atoms with E-state index >= 15 is 0 Å². The summed E-state index contributed by atoms with van der Waals surface area (Å²) in [6.45, 7) is 6.09. The maximum absolute atomic E-state index is 13.3. The zero-order valence-electron chi connectivity index (χ0n) is 20.3. The number of hydrogen-bond acceptors (Lipinski definition) is 6. The molecule has 8 heteroatoms. The van der Waals surface area contributed by atoms with Crippen LogP contribution in [0.25, 0.3) is 0 Å². The average molecular weight is 484 g/mol. The Kier molecular flexibility index (Phi) is 9.38. The predicted molar refractivity (Wildman–Crippen MR) is 131 cm³/mol. The molecule has 3 rings (SSSR count). The van der Waals surface area contributed by atoms with Crippen molar-refractivity contribution >= 4 is 5.91 Å².